The van der Waals surface area contributed by atoms with Gasteiger partial charge in [0.05, 0.1) is 10.8 Å². The van der Waals surface area contributed by atoms with Crippen LogP contribution in [0.3, 0.4) is 0 Å². The second-order valence-electron chi connectivity index (χ2n) is 19.7. The fraction of sp³-hybridized carbons (Fsp3) is 0.0588. The largest absolute Gasteiger partial charge is 0.457 e. The molecule has 71 heavy (non-hydrogen) atoms. The molecule has 2 spiro atoms. The van der Waals surface area contributed by atoms with Crippen LogP contribution < -0.4 is 9.64 Å². The molecule has 2 nitrogen and oxygen atoms in total. The molecule has 0 aromatic heterocycles. The standard InChI is InChI=1S/C68H43NOS/c1-2-19-47-45(17-1)46-18-3-4-20-48(46)54-39-42(33-36-49(47)54)69(43-34-37-52-50-21-5-7-23-55(50)67(61(52)40-43)57-25-9-13-29-63(57)70-64-30-14-10-26-58(64)67)44-35-38-53-51-22-6-8-24-56(51)68(62(53)41-44)59-27-11-15-31-65(59)71-66-32-16-12-28-60(66)68/h1-9,11-25,27-41H,10,26H2. The van der Waals surface area contributed by atoms with E-state index in [0.717, 1.165) is 41.4 Å². The zero-order chi connectivity index (χ0) is 46.4. The van der Waals surface area contributed by atoms with Crippen molar-refractivity contribution in [1.29, 1.82) is 0 Å². The third kappa shape index (κ3) is 5.13. The van der Waals surface area contributed by atoms with Crippen molar-refractivity contribution in [3.05, 3.63) is 287 Å². The third-order valence-corrected chi connectivity index (χ3v) is 17.6. The first kappa shape index (κ1) is 39.5. The zero-order valence-corrected chi connectivity index (χ0v) is 39.5. The van der Waals surface area contributed by atoms with Crippen molar-refractivity contribution in [2.75, 3.05) is 4.90 Å². The molecule has 1 unspecified atom stereocenters. The summed E-state index contributed by atoms with van der Waals surface area (Å²) in [6.45, 7) is 0. The number of anilines is 3. The van der Waals surface area contributed by atoms with Crippen molar-refractivity contribution in [3.63, 3.8) is 0 Å². The summed E-state index contributed by atoms with van der Waals surface area (Å²) in [4.78, 5) is 5.15. The van der Waals surface area contributed by atoms with Crippen molar-refractivity contribution in [2.45, 2.75) is 33.5 Å². The average molecular weight is 922 g/mol. The highest BCUT2D eigenvalue weighted by atomic mass is 32.2. The highest BCUT2D eigenvalue weighted by Crippen LogP contribution is 2.65. The number of para-hydroxylation sites is 1. The number of allylic oxidation sites excluding steroid dienone is 3. The van der Waals surface area contributed by atoms with Crippen molar-refractivity contribution < 1.29 is 4.74 Å². The summed E-state index contributed by atoms with van der Waals surface area (Å²) in [6.07, 6.45) is 6.38. The molecule has 0 amide bonds. The van der Waals surface area contributed by atoms with Crippen LogP contribution in [0.2, 0.25) is 0 Å². The van der Waals surface area contributed by atoms with E-state index in [0.29, 0.717) is 0 Å². The smallest absolute Gasteiger partial charge is 0.132 e. The Balaban J connectivity index is 1.00. The van der Waals surface area contributed by atoms with Gasteiger partial charge < -0.3 is 9.64 Å². The van der Waals surface area contributed by atoms with Crippen LogP contribution in [0, 0.1) is 0 Å². The summed E-state index contributed by atoms with van der Waals surface area (Å²) in [6, 6.07) is 84.9. The van der Waals surface area contributed by atoms with E-state index in [2.05, 4.69) is 242 Å². The molecule has 0 radical (unpaired) electrons. The second kappa shape index (κ2) is 14.6. The molecule has 0 N–H and O–H groups in total. The number of benzene rings is 11. The van der Waals surface area contributed by atoms with Gasteiger partial charge in [-0.2, -0.15) is 0 Å². The molecule has 0 bridgehead atoms. The normalized spacial score (nSPS) is 17.0. The van der Waals surface area contributed by atoms with E-state index in [9.17, 15) is 0 Å². The molecule has 11 aromatic rings. The lowest BCUT2D eigenvalue weighted by molar-refractivity contribution is 0.389. The summed E-state index contributed by atoms with van der Waals surface area (Å²) in [7, 11) is 0. The van der Waals surface area contributed by atoms with Crippen LogP contribution in [0.5, 0.6) is 5.75 Å². The quantitative estimate of drug-likeness (QED) is 0.164. The minimum absolute atomic E-state index is 0.517. The first-order chi connectivity index (χ1) is 35.2. The van der Waals surface area contributed by atoms with Crippen LogP contribution in [0.25, 0.3) is 54.6 Å². The van der Waals surface area contributed by atoms with Gasteiger partial charge in [0.1, 0.15) is 11.5 Å². The zero-order valence-electron chi connectivity index (χ0n) is 38.7. The first-order valence-corrected chi connectivity index (χ1v) is 25.7. The van der Waals surface area contributed by atoms with Gasteiger partial charge in [-0.15, -0.1) is 0 Å². The van der Waals surface area contributed by atoms with Crippen LogP contribution in [-0.2, 0) is 10.8 Å². The van der Waals surface area contributed by atoms with Crippen molar-refractivity contribution in [1.82, 2.24) is 0 Å². The van der Waals surface area contributed by atoms with Gasteiger partial charge in [0.15, 0.2) is 0 Å². The number of hydrogen-bond acceptors (Lipinski definition) is 3. The minimum Gasteiger partial charge on any atom is -0.457 e. The molecule has 332 valence electrons. The maximum atomic E-state index is 6.83. The average Bonchev–Trinajstić information content (AvgIpc) is 3.89. The van der Waals surface area contributed by atoms with E-state index < -0.39 is 10.8 Å². The SMILES string of the molecule is C1=CC2=C(CC1)C1(c3ccccc3O2)c2ccccc2-c2ccc(N(c3ccc4c(c3)C3(c5ccccc5Sc5ccccc53)c3ccccc3-4)c3ccc4c5ccccc5c5ccccc5c4c3)cc21. The van der Waals surface area contributed by atoms with Crippen molar-refractivity contribution in [3.8, 4) is 28.0 Å². The molecule has 1 atom stereocenters. The lowest BCUT2D eigenvalue weighted by atomic mass is 9.64. The second-order valence-corrected chi connectivity index (χ2v) is 20.8. The predicted octanol–water partition coefficient (Wildman–Crippen LogP) is 17.8. The van der Waals surface area contributed by atoms with Gasteiger partial charge in [0, 0.05) is 32.4 Å². The molecule has 11 aromatic carbocycles. The molecular formula is C68H43NOS. The van der Waals surface area contributed by atoms with Gasteiger partial charge in [-0.05, 0) is 167 Å². The highest BCUT2D eigenvalue weighted by Gasteiger charge is 2.53. The molecule has 3 heteroatoms. The maximum absolute atomic E-state index is 6.83. The fourth-order valence-electron chi connectivity index (χ4n) is 13.7. The maximum Gasteiger partial charge on any atom is 0.132 e. The number of ether oxygens (including phenoxy) is 1. The number of fused-ring (bicyclic) bond motifs is 23. The number of rotatable bonds is 3. The number of hydrogen-bond donors (Lipinski definition) is 0. The summed E-state index contributed by atoms with van der Waals surface area (Å²) < 4.78 is 6.83. The Bertz CT molecular complexity index is 4130. The van der Waals surface area contributed by atoms with Crippen LogP contribution in [-0.4, -0.2) is 0 Å². The van der Waals surface area contributed by atoms with E-state index in [1.165, 1.54) is 109 Å². The molecular weight excluding hydrogens is 879 g/mol. The summed E-state index contributed by atoms with van der Waals surface area (Å²) >= 11 is 1.89. The van der Waals surface area contributed by atoms with Crippen LogP contribution in [0.4, 0.5) is 17.1 Å². The van der Waals surface area contributed by atoms with Gasteiger partial charge in [0.2, 0.25) is 0 Å². The van der Waals surface area contributed by atoms with Crippen LogP contribution in [0.15, 0.2) is 258 Å². The van der Waals surface area contributed by atoms with E-state index in [1.807, 2.05) is 11.8 Å². The Morgan fingerprint density at radius 3 is 1.45 bits per heavy atom. The summed E-state index contributed by atoms with van der Waals surface area (Å²) in [5, 5.41) is 7.57. The number of nitrogens with zero attached hydrogens (tertiary/aromatic N) is 1. The van der Waals surface area contributed by atoms with Gasteiger partial charge in [-0.25, -0.2) is 0 Å². The predicted molar refractivity (Wildman–Crippen MR) is 293 cm³/mol. The van der Waals surface area contributed by atoms with Gasteiger partial charge in [0.25, 0.3) is 0 Å². The van der Waals surface area contributed by atoms with E-state index in [4.69, 9.17) is 4.74 Å². The van der Waals surface area contributed by atoms with E-state index in [1.54, 1.807) is 0 Å². The Labute approximate surface area is 416 Å². The fourth-order valence-corrected chi connectivity index (χ4v) is 14.9. The van der Waals surface area contributed by atoms with Crippen molar-refractivity contribution in [2.24, 2.45) is 0 Å². The Hall–Kier alpha value is -8.37. The molecule has 5 aliphatic rings. The monoisotopic (exact) mass is 921 g/mol. The Kier molecular flexibility index (Phi) is 8.11. The highest BCUT2D eigenvalue weighted by molar-refractivity contribution is 7.99. The molecule has 0 saturated heterocycles. The van der Waals surface area contributed by atoms with Gasteiger partial charge in [-0.3, -0.25) is 0 Å². The summed E-state index contributed by atoms with van der Waals surface area (Å²) in [5.74, 6) is 1.90. The van der Waals surface area contributed by atoms with Gasteiger partial charge in [-0.1, -0.05) is 188 Å². The van der Waals surface area contributed by atoms with Crippen molar-refractivity contribution >= 4 is 61.1 Å². The first-order valence-electron chi connectivity index (χ1n) is 24.9. The Morgan fingerprint density at radius 1 is 0.366 bits per heavy atom. The van der Waals surface area contributed by atoms with Gasteiger partial charge >= 0.3 is 0 Å². The molecule has 3 aliphatic carbocycles. The van der Waals surface area contributed by atoms with E-state index in [-0.39, 0.29) is 0 Å². The Morgan fingerprint density at radius 2 is 0.817 bits per heavy atom. The van der Waals surface area contributed by atoms with Crippen LogP contribution >= 0.6 is 11.8 Å². The molecule has 2 heterocycles. The lowest BCUT2D eigenvalue weighted by Gasteiger charge is -2.42. The summed E-state index contributed by atoms with van der Waals surface area (Å²) in [5.41, 5.74) is 17.9. The third-order valence-electron chi connectivity index (χ3n) is 16.5. The molecule has 0 fully saturated rings. The van der Waals surface area contributed by atoms with E-state index >= 15 is 0 Å². The molecule has 0 saturated carbocycles. The molecule has 16 rings (SSSR count). The molecule has 2 aliphatic heterocycles. The van der Waals surface area contributed by atoms with Crippen LogP contribution in [0.1, 0.15) is 51.8 Å². The lowest BCUT2D eigenvalue weighted by Crippen LogP contribution is -2.35. The topological polar surface area (TPSA) is 12.5 Å². The minimum atomic E-state index is -0.530.